The summed E-state index contributed by atoms with van der Waals surface area (Å²) in [6.45, 7) is 6.11. The van der Waals surface area contributed by atoms with E-state index in [1.165, 1.54) is 0 Å². The van der Waals surface area contributed by atoms with Crippen molar-refractivity contribution in [1.29, 1.82) is 0 Å². The number of ether oxygens (including phenoxy) is 1. The van der Waals surface area contributed by atoms with E-state index in [2.05, 4.69) is 18.8 Å². The van der Waals surface area contributed by atoms with E-state index in [1.807, 2.05) is 31.2 Å². The topological polar surface area (TPSA) is 48.1 Å². The van der Waals surface area contributed by atoms with Crippen LogP contribution in [0.3, 0.4) is 0 Å². The summed E-state index contributed by atoms with van der Waals surface area (Å²) < 4.78 is 19.9. The number of halogens is 3. The molecular weight excluding hydrogens is 490 g/mol. The number of hydrogen-bond acceptors (Lipinski definition) is 4. The maximum atomic E-state index is 14.5. The van der Waals surface area contributed by atoms with Gasteiger partial charge >= 0.3 is 0 Å². The maximum Gasteiger partial charge on any atom is 0.126 e. The Morgan fingerprint density at radius 2 is 1.94 bits per heavy atom. The number of hydrogen-bond donors (Lipinski definition) is 1. The van der Waals surface area contributed by atoms with Crippen LogP contribution in [-0.4, -0.2) is 18.6 Å². The number of nitrogens with zero attached hydrogens (tertiary/aromatic N) is 1. The minimum atomic E-state index is -0.210. The molecule has 0 amide bonds. The van der Waals surface area contributed by atoms with Crippen molar-refractivity contribution in [2.45, 2.75) is 45.4 Å². The van der Waals surface area contributed by atoms with E-state index < -0.39 is 0 Å². The van der Waals surface area contributed by atoms with Gasteiger partial charge in [-0.25, -0.2) is 9.37 Å². The predicted molar refractivity (Wildman–Crippen MR) is 142 cm³/mol. The van der Waals surface area contributed by atoms with Crippen LogP contribution in [0.15, 0.2) is 30.3 Å². The van der Waals surface area contributed by atoms with E-state index in [1.54, 1.807) is 31.4 Å². The van der Waals surface area contributed by atoms with Crippen LogP contribution in [0.4, 0.5) is 4.39 Å². The zero-order valence-electron chi connectivity index (χ0n) is 19.7. The van der Waals surface area contributed by atoms with E-state index in [9.17, 15) is 4.39 Å². The van der Waals surface area contributed by atoms with E-state index in [0.29, 0.717) is 16.5 Å². The number of thiazole rings is 1. The van der Waals surface area contributed by atoms with Gasteiger partial charge in [0.15, 0.2) is 0 Å². The lowest BCUT2D eigenvalue weighted by molar-refractivity contribution is 0.412. The molecule has 7 heteroatoms. The van der Waals surface area contributed by atoms with Crippen molar-refractivity contribution in [1.82, 2.24) is 4.98 Å². The molecule has 1 aliphatic carbocycles. The highest BCUT2D eigenvalue weighted by Crippen LogP contribution is 2.52. The number of aromatic nitrogens is 1. The summed E-state index contributed by atoms with van der Waals surface area (Å²) in [6, 6.07) is 9.29. The summed E-state index contributed by atoms with van der Waals surface area (Å²) in [5, 5.41) is 1.63. The Kier molecular flexibility index (Phi) is 8.65. The third-order valence-corrected chi connectivity index (χ3v) is 7.63. The lowest BCUT2D eigenvalue weighted by Crippen LogP contribution is -2.13. The molecule has 0 saturated heterocycles. The summed E-state index contributed by atoms with van der Waals surface area (Å²) in [6.07, 6.45) is 2.24. The van der Waals surface area contributed by atoms with Gasteiger partial charge in [-0.05, 0) is 74.4 Å². The van der Waals surface area contributed by atoms with Crippen LogP contribution in [0.5, 0.6) is 5.75 Å². The summed E-state index contributed by atoms with van der Waals surface area (Å²) in [7, 11) is 1.64. The van der Waals surface area contributed by atoms with Gasteiger partial charge in [0.25, 0.3) is 0 Å². The summed E-state index contributed by atoms with van der Waals surface area (Å²) in [5.41, 5.74) is 10.0. The molecule has 0 spiro atoms. The van der Waals surface area contributed by atoms with E-state index in [4.69, 9.17) is 27.1 Å². The minimum absolute atomic E-state index is 0. The Labute approximate surface area is 216 Å². The second-order valence-electron chi connectivity index (χ2n) is 8.63. The molecule has 3 aromatic rings. The van der Waals surface area contributed by atoms with Crippen molar-refractivity contribution in [3.8, 4) is 28.8 Å². The fourth-order valence-electron chi connectivity index (χ4n) is 4.30. The standard InChI is InChI=1S/C27H28ClFN2OS.ClH/c1-15-7-8-19(13-23(15)29)20(6-5-11-30)25(18-9-10-18)27-31-26(17(3)33-27)21-12-16(2)24(32-4)14-22(21)28;/h7-8,12-14,18,20,25H,9-11,30H2,1-4H3;1H/t20-,25?;/m1./s1. The van der Waals surface area contributed by atoms with Crippen LogP contribution >= 0.6 is 35.3 Å². The van der Waals surface area contributed by atoms with Crippen LogP contribution in [0.25, 0.3) is 11.3 Å². The number of rotatable bonds is 6. The van der Waals surface area contributed by atoms with Crippen LogP contribution < -0.4 is 10.5 Å². The molecule has 4 rings (SSSR count). The fourth-order valence-corrected chi connectivity index (χ4v) is 5.71. The molecule has 1 aliphatic rings. The Morgan fingerprint density at radius 1 is 1.21 bits per heavy atom. The Hall–Kier alpha value is -2.10. The molecule has 1 fully saturated rings. The highest BCUT2D eigenvalue weighted by atomic mass is 35.5. The van der Waals surface area contributed by atoms with Gasteiger partial charge in [0, 0.05) is 16.4 Å². The Morgan fingerprint density at radius 3 is 2.56 bits per heavy atom. The van der Waals surface area contributed by atoms with Gasteiger partial charge in [-0.1, -0.05) is 35.6 Å². The van der Waals surface area contributed by atoms with Gasteiger partial charge in [0.2, 0.25) is 0 Å². The van der Waals surface area contributed by atoms with Gasteiger partial charge in [0.1, 0.15) is 11.6 Å². The predicted octanol–water partition coefficient (Wildman–Crippen LogP) is 7.20. The lowest BCUT2D eigenvalue weighted by atomic mass is 9.83. The molecule has 1 heterocycles. The largest absolute Gasteiger partial charge is 0.496 e. The Balaban J connectivity index is 0.00000324. The average molecular weight is 520 g/mol. The molecule has 34 heavy (non-hydrogen) atoms. The number of nitrogens with two attached hydrogens (primary N) is 1. The van der Waals surface area contributed by atoms with Gasteiger partial charge < -0.3 is 10.5 Å². The van der Waals surface area contributed by atoms with Gasteiger partial charge in [-0.2, -0.15) is 0 Å². The van der Waals surface area contributed by atoms with Gasteiger partial charge in [-0.3, -0.25) is 0 Å². The first-order chi connectivity index (χ1) is 15.8. The molecule has 2 aromatic carbocycles. The molecule has 2 N–H and O–H groups in total. The van der Waals surface area contributed by atoms with Crippen molar-refractivity contribution in [3.05, 3.63) is 67.7 Å². The molecule has 3 nitrogen and oxygen atoms in total. The normalized spacial score (nSPS) is 14.6. The third kappa shape index (κ3) is 5.42. The average Bonchev–Trinajstić information content (AvgIpc) is 3.55. The van der Waals surface area contributed by atoms with Crippen molar-refractivity contribution in [3.63, 3.8) is 0 Å². The molecule has 0 bridgehead atoms. The van der Waals surface area contributed by atoms with Gasteiger partial charge in [0.05, 0.1) is 35.3 Å². The molecule has 1 aromatic heterocycles. The molecule has 0 aliphatic heterocycles. The second kappa shape index (κ2) is 11.1. The van der Waals surface area contributed by atoms with Crippen LogP contribution in [0.1, 0.15) is 51.3 Å². The SMILES string of the molecule is COc1cc(Cl)c(-c2nc(C(C3CC3)[C@H](C#CCN)c3ccc(C)c(F)c3)sc2C)cc1C.Cl. The number of benzene rings is 2. The highest BCUT2D eigenvalue weighted by molar-refractivity contribution is 7.12. The first kappa shape index (κ1) is 26.5. The quantitative estimate of drug-likeness (QED) is 0.351. The van der Waals surface area contributed by atoms with Crippen LogP contribution in [0.2, 0.25) is 5.02 Å². The highest BCUT2D eigenvalue weighted by Gasteiger charge is 2.40. The minimum Gasteiger partial charge on any atom is -0.496 e. The van der Waals surface area contributed by atoms with Crippen molar-refractivity contribution in [2.24, 2.45) is 11.7 Å². The van der Waals surface area contributed by atoms with E-state index >= 15 is 0 Å². The lowest BCUT2D eigenvalue weighted by Gasteiger charge is -2.22. The van der Waals surface area contributed by atoms with Crippen LogP contribution in [0, 0.1) is 44.3 Å². The zero-order chi connectivity index (χ0) is 23.7. The summed E-state index contributed by atoms with van der Waals surface area (Å²) in [4.78, 5) is 6.19. The van der Waals surface area contributed by atoms with Crippen molar-refractivity contribution in [2.75, 3.05) is 13.7 Å². The zero-order valence-corrected chi connectivity index (χ0v) is 22.1. The third-order valence-electron chi connectivity index (χ3n) is 6.24. The Bertz CT molecular complexity index is 1240. The van der Waals surface area contributed by atoms with E-state index in [-0.39, 0.29) is 36.6 Å². The van der Waals surface area contributed by atoms with Crippen molar-refractivity contribution >= 4 is 35.3 Å². The first-order valence-corrected chi connectivity index (χ1v) is 12.3. The second-order valence-corrected chi connectivity index (χ2v) is 10.3. The molecular formula is C27H29Cl2FN2OS. The monoisotopic (exact) mass is 518 g/mol. The maximum absolute atomic E-state index is 14.5. The summed E-state index contributed by atoms with van der Waals surface area (Å²) >= 11 is 8.30. The molecule has 0 radical (unpaired) electrons. The van der Waals surface area contributed by atoms with Crippen molar-refractivity contribution < 1.29 is 9.13 Å². The molecule has 1 unspecified atom stereocenters. The number of aryl methyl sites for hydroxylation is 3. The fraction of sp³-hybridized carbons (Fsp3) is 0.370. The first-order valence-electron chi connectivity index (χ1n) is 11.1. The molecule has 2 atom stereocenters. The number of methoxy groups -OCH3 is 1. The molecule has 1 saturated carbocycles. The smallest absolute Gasteiger partial charge is 0.126 e. The summed E-state index contributed by atoms with van der Waals surface area (Å²) in [5.74, 6) is 7.32. The van der Waals surface area contributed by atoms with Crippen LogP contribution in [-0.2, 0) is 0 Å². The van der Waals surface area contributed by atoms with Gasteiger partial charge in [-0.15, -0.1) is 23.7 Å². The molecule has 180 valence electrons. The van der Waals surface area contributed by atoms with E-state index in [0.717, 1.165) is 50.9 Å².